The Morgan fingerprint density at radius 3 is 2.63 bits per heavy atom. The van der Waals surface area contributed by atoms with Crippen molar-refractivity contribution in [2.45, 2.75) is 6.92 Å². The molecule has 98 valence electrons. The van der Waals surface area contributed by atoms with E-state index in [1.165, 1.54) is 0 Å². The molecule has 0 spiro atoms. The van der Waals surface area contributed by atoms with Crippen molar-refractivity contribution in [3.05, 3.63) is 58.6 Å². The first-order valence-electron chi connectivity index (χ1n) is 5.89. The van der Waals surface area contributed by atoms with Gasteiger partial charge in [-0.25, -0.2) is 0 Å². The Bertz CT molecular complexity index is 625. The first-order valence-corrected chi connectivity index (χ1v) is 6.26. The number of hydrogen-bond acceptors (Lipinski definition) is 2. The van der Waals surface area contributed by atoms with Crippen molar-refractivity contribution in [2.24, 2.45) is 0 Å². The first-order chi connectivity index (χ1) is 8.99. The van der Waals surface area contributed by atoms with E-state index in [9.17, 15) is 4.79 Å². The number of benzene rings is 2. The molecular formula is C15H15ClN2O. The summed E-state index contributed by atoms with van der Waals surface area (Å²) in [5, 5.41) is 0.496. The second-order valence-electron chi connectivity index (χ2n) is 4.43. The Morgan fingerprint density at radius 1 is 1.21 bits per heavy atom. The van der Waals surface area contributed by atoms with Crippen molar-refractivity contribution in [1.29, 1.82) is 0 Å². The molecule has 0 bridgehead atoms. The monoisotopic (exact) mass is 274 g/mol. The van der Waals surface area contributed by atoms with Crippen LogP contribution in [0.5, 0.6) is 0 Å². The summed E-state index contributed by atoms with van der Waals surface area (Å²) in [6.07, 6.45) is 0. The topological polar surface area (TPSA) is 46.3 Å². The summed E-state index contributed by atoms with van der Waals surface area (Å²) in [5.41, 5.74) is 8.59. The Hall–Kier alpha value is -2.00. The van der Waals surface area contributed by atoms with Gasteiger partial charge in [0.05, 0.1) is 5.56 Å². The molecule has 0 heterocycles. The fraction of sp³-hybridized carbons (Fsp3) is 0.133. The van der Waals surface area contributed by atoms with Gasteiger partial charge in [-0.15, -0.1) is 0 Å². The van der Waals surface area contributed by atoms with Crippen LogP contribution in [0.25, 0.3) is 0 Å². The maximum atomic E-state index is 12.4. The molecule has 0 aromatic heterocycles. The van der Waals surface area contributed by atoms with Crippen LogP contribution in [0.15, 0.2) is 42.5 Å². The third-order valence-corrected chi connectivity index (χ3v) is 3.17. The zero-order valence-electron chi connectivity index (χ0n) is 10.9. The molecule has 0 aliphatic heterocycles. The van der Waals surface area contributed by atoms with E-state index >= 15 is 0 Å². The van der Waals surface area contributed by atoms with Crippen LogP contribution in [0.2, 0.25) is 5.02 Å². The van der Waals surface area contributed by atoms with Crippen molar-refractivity contribution in [3.63, 3.8) is 0 Å². The number of anilines is 2. The van der Waals surface area contributed by atoms with Gasteiger partial charge in [-0.05, 0) is 42.8 Å². The summed E-state index contributed by atoms with van der Waals surface area (Å²) in [4.78, 5) is 14.0. The molecule has 0 atom stereocenters. The van der Waals surface area contributed by atoms with E-state index in [1.54, 1.807) is 30.1 Å². The van der Waals surface area contributed by atoms with E-state index in [0.717, 1.165) is 11.3 Å². The normalized spacial score (nSPS) is 10.3. The third kappa shape index (κ3) is 2.88. The number of carbonyl (C=O) groups excluding carboxylic acids is 1. The number of aryl methyl sites for hydroxylation is 1. The summed E-state index contributed by atoms with van der Waals surface area (Å²) in [7, 11) is 1.72. The molecule has 0 aliphatic rings. The fourth-order valence-electron chi connectivity index (χ4n) is 1.85. The van der Waals surface area contributed by atoms with Gasteiger partial charge in [-0.2, -0.15) is 0 Å². The lowest BCUT2D eigenvalue weighted by Crippen LogP contribution is -2.27. The molecule has 0 aliphatic carbocycles. The largest absolute Gasteiger partial charge is 0.398 e. The highest BCUT2D eigenvalue weighted by Crippen LogP contribution is 2.22. The average Bonchev–Trinajstić information content (AvgIpc) is 2.40. The van der Waals surface area contributed by atoms with Gasteiger partial charge in [0.15, 0.2) is 0 Å². The molecule has 2 rings (SSSR count). The fourth-order valence-corrected chi connectivity index (χ4v) is 2.02. The molecule has 2 N–H and O–H groups in total. The SMILES string of the molecule is Cc1cccc(N(C)C(=O)c2cc(Cl)ccc2N)c1. The molecule has 1 amide bonds. The van der Waals surface area contributed by atoms with Crippen LogP contribution in [-0.4, -0.2) is 13.0 Å². The quantitative estimate of drug-likeness (QED) is 0.852. The summed E-state index contributed by atoms with van der Waals surface area (Å²) in [5.74, 6) is -0.175. The molecular weight excluding hydrogens is 260 g/mol. The van der Waals surface area contributed by atoms with Gasteiger partial charge >= 0.3 is 0 Å². The molecule has 0 unspecified atom stereocenters. The van der Waals surface area contributed by atoms with E-state index in [1.807, 2.05) is 31.2 Å². The molecule has 0 saturated carbocycles. The number of nitrogens with two attached hydrogens (primary N) is 1. The number of hydrogen-bond donors (Lipinski definition) is 1. The molecule has 3 nitrogen and oxygen atoms in total. The molecule has 2 aromatic rings. The Kier molecular flexibility index (Phi) is 3.76. The number of amides is 1. The van der Waals surface area contributed by atoms with Crippen molar-refractivity contribution < 1.29 is 4.79 Å². The maximum Gasteiger partial charge on any atom is 0.260 e. The predicted molar refractivity (Wildman–Crippen MR) is 79.8 cm³/mol. The zero-order valence-corrected chi connectivity index (χ0v) is 11.6. The van der Waals surface area contributed by atoms with Crippen LogP contribution >= 0.6 is 11.6 Å². The van der Waals surface area contributed by atoms with Crippen LogP contribution in [0.4, 0.5) is 11.4 Å². The zero-order chi connectivity index (χ0) is 14.0. The van der Waals surface area contributed by atoms with Gasteiger partial charge in [-0.1, -0.05) is 23.7 Å². The summed E-state index contributed by atoms with van der Waals surface area (Å²) in [6, 6.07) is 12.6. The van der Waals surface area contributed by atoms with E-state index in [4.69, 9.17) is 17.3 Å². The van der Waals surface area contributed by atoms with Crippen molar-refractivity contribution >= 4 is 28.9 Å². The highest BCUT2D eigenvalue weighted by molar-refractivity contribution is 6.31. The summed E-state index contributed by atoms with van der Waals surface area (Å²) >= 11 is 5.91. The highest BCUT2D eigenvalue weighted by Gasteiger charge is 2.16. The molecule has 0 fully saturated rings. The summed E-state index contributed by atoms with van der Waals surface area (Å²) in [6.45, 7) is 1.98. The second-order valence-corrected chi connectivity index (χ2v) is 4.87. The molecule has 0 radical (unpaired) electrons. The van der Waals surface area contributed by atoms with Crippen molar-refractivity contribution in [3.8, 4) is 0 Å². The Balaban J connectivity index is 2.36. The van der Waals surface area contributed by atoms with Gasteiger partial charge in [0, 0.05) is 23.4 Å². The maximum absolute atomic E-state index is 12.4. The van der Waals surface area contributed by atoms with Crippen LogP contribution in [0.1, 0.15) is 15.9 Å². The lowest BCUT2D eigenvalue weighted by molar-refractivity contribution is 0.0994. The van der Waals surface area contributed by atoms with Gasteiger partial charge in [0.25, 0.3) is 5.91 Å². The molecule has 0 saturated heterocycles. The summed E-state index contributed by atoms with van der Waals surface area (Å²) < 4.78 is 0. The van der Waals surface area contributed by atoms with Crippen LogP contribution in [-0.2, 0) is 0 Å². The Labute approximate surface area is 117 Å². The van der Waals surface area contributed by atoms with Crippen molar-refractivity contribution in [1.82, 2.24) is 0 Å². The third-order valence-electron chi connectivity index (χ3n) is 2.94. The van der Waals surface area contributed by atoms with Gasteiger partial charge in [0.2, 0.25) is 0 Å². The number of nitrogen functional groups attached to an aromatic ring is 1. The average molecular weight is 275 g/mol. The molecule has 4 heteroatoms. The smallest absolute Gasteiger partial charge is 0.260 e. The van der Waals surface area contributed by atoms with Crippen LogP contribution in [0.3, 0.4) is 0 Å². The Morgan fingerprint density at radius 2 is 1.95 bits per heavy atom. The first kappa shape index (κ1) is 13.4. The standard InChI is InChI=1S/C15H15ClN2O/c1-10-4-3-5-12(8-10)18(2)15(19)13-9-11(16)6-7-14(13)17/h3-9H,17H2,1-2H3. The van der Waals surface area contributed by atoms with E-state index in [0.29, 0.717) is 16.3 Å². The van der Waals surface area contributed by atoms with Gasteiger partial charge in [-0.3, -0.25) is 4.79 Å². The van der Waals surface area contributed by atoms with Crippen molar-refractivity contribution in [2.75, 3.05) is 17.7 Å². The van der Waals surface area contributed by atoms with Crippen LogP contribution in [0, 0.1) is 6.92 Å². The molecule has 2 aromatic carbocycles. The predicted octanol–water partition coefficient (Wildman–Crippen LogP) is 3.51. The number of rotatable bonds is 2. The van der Waals surface area contributed by atoms with Gasteiger partial charge < -0.3 is 10.6 Å². The number of carbonyl (C=O) groups is 1. The number of nitrogens with zero attached hydrogens (tertiary/aromatic N) is 1. The minimum absolute atomic E-state index is 0.175. The molecule has 19 heavy (non-hydrogen) atoms. The van der Waals surface area contributed by atoms with Gasteiger partial charge in [0.1, 0.15) is 0 Å². The highest BCUT2D eigenvalue weighted by atomic mass is 35.5. The number of halogens is 1. The minimum Gasteiger partial charge on any atom is -0.398 e. The lowest BCUT2D eigenvalue weighted by Gasteiger charge is -2.19. The van der Waals surface area contributed by atoms with E-state index in [-0.39, 0.29) is 5.91 Å². The minimum atomic E-state index is -0.175. The van der Waals surface area contributed by atoms with E-state index in [2.05, 4.69) is 0 Å². The van der Waals surface area contributed by atoms with Crippen LogP contribution < -0.4 is 10.6 Å². The second kappa shape index (κ2) is 5.33. The van der Waals surface area contributed by atoms with E-state index < -0.39 is 0 Å². The lowest BCUT2D eigenvalue weighted by atomic mass is 10.1.